The van der Waals surface area contributed by atoms with Gasteiger partial charge in [-0.05, 0) is 109 Å². The summed E-state index contributed by atoms with van der Waals surface area (Å²) >= 11 is 14.2. The van der Waals surface area contributed by atoms with Gasteiger partial charge >= 0.3 is 0 Å². The Kier molecular flexibility index (Phi) is 7.35. The number of benzene rings is 3. The molecule has 1 aliphatic heterocycles. The summed E-state index contributed by atoms with van der Waals surface area (Å²) in [7, 11) is 0. The smallest absolute Gasteiger partial charge is 0.264 e. The SMILES string of the molecule is O=C1NC(=Nc2ccc(Cl)cc2)S/C1=C\c1cc(Br)c(OCc2cccc(F)c2)c(Br)c1. The molecule has 1 N–H and O–H groups in total. The third kappa shape index (κ3) is 5.81. The van der Waals surface area contributed by atoms with Gasteiger partial charge in [-0.15, -0.1) is 0 Å². The maximum Gasteiger partial charge on any atom is 0.264 e. The fraction of sp³-hybridized carbons (Fsp3) is 0.0435. The van der Waals surface area contributed by atoms with Gasteiger partial charge in [-0.2, -0.15) is 0 Å². The molecule has 1 aliphatic rings. The second kappa shape index (κ2) is 10.2. The third-order valence-corrected chi connectivity index (χ3v) is 6.64. The lowest BCUT2D eigenvalue weighted by atomic mass is 10.2. The number of carbonyl (C=O) groups is 1. The zero-order valence-corrected chi connectivity index (χ0v) is 21.0. The molecule has 0 radical (unpaired) electrons. The lowest BCUT2D eigenvalue weighted by molar-refractivity contribution is -0.115. The maximum atomic E-state index is 13.4. The van der Waals surface area contributed by atoms with E-state index in [4.69, 9.17) is 16.3 Å². The molecular weight excluding hydrogens is 583 g/mol. The third-order valence-electron chi connectivity index (χ3n) is 4.30. The van der Waals surface area contributed by atoms with Crippen molar-refractivity contribution in [3.63, 3.8) is 0 Å². The van der Waals surface area contributed by atoms with Crippen LogP contribution in [-0.4, -0.2) is 11.1 Å². The fourth-order valence-corrected chi connectivity index (χ4v) is 5.27. The first kappa shape index (κ1) is 23.0. The molecule has 1 heterocycles. The Morgan fingerprint density at radius 1 is 1.09 bits per heavy atom. The van der Waals surface area contributed by atoms with Crippen molar-refractivity contribution in [2.75, 3.05) is 0 Å². The predicted molar refractivity (Wildman–Crippen MR) is 135 cm³/mol. The summed E-state index contributed by atoms with van der Waals surface area (Å²) in [5.74, 6) is 0.0591. The molecule has 4 nitrogen and oxygen atoms in total. The van der Waals surface area contributed by atoms with Gasteiger partial charge < -0.3 is 10.1 Å². The maximum absolute atomic E-state index is 13.4. The minimum absolute atomic E-state index is 0.220. The molecule has 32 heavy (non-hydrogen) atoms. The van der Waals surface area contributed by atoms with Crippen molar-refractivity contribution < 1.29 is 13.9 Å². The van der Waals surface area contributed by atoms with E-state index >= 15 is 0 Å². The number of aliphatic imine (C=N–C) groups is 1. The number of nitrogens with one attached hydrogen (secondary N) is 1. The van der Waals surface area contributed by atoms with Crippen molar-refractivity contribution >= 4 is 78.1 Å². The summed E-state index contributed by atoms with van der Waals surface area (Å²) < 4.78 is 20.6. The van der Waals surface area contributed by atoms with Crippen LogP contribution in [0, 0.1) is 5.82 Å². The van der Waals surface area contributed by atoms with Gasteiger partial charge in [-0.25, -0.2) is 9.38 Å². The van der Waals surface area contributed by atoms with E-state index < -0.39 is 0 Å². The standard InChI is InChI=1S/C23H14Br2ClFN2O2S/c24-18-9-14(10-19(25)21(18)31-12-13-2-1-3-16(27)8-13)11-20-22(30)29-23(32-20)28-17-6-4-15(26)5-7-17/h1-11H,12H2,(H,28,29,30)/b20-11-. The van der Waals surface area contributed by atoms with E-state index in [1.807, 2.05) is 12.1 Å². The van der Waals surface area contributed by atoms with E-state index in [1.54, 1.807) is 42.5 Å². The number of thioether (sulfide) groups is 1. The Bertz CT molecular complexity index is 1230. The van der Waals surface area contributed by atoms with Crippen molar-refractivity contribution in [1.82, 2.24) is 5.32 Å². The molecule has 0 aliphatic carbocycles. The first-order valence-electron chi connectivity index (χ1n) is 9.29. The Morgan fingerprint density at radius 2 is 1.81 bits per heavy atom. The van der Waals surface area contributed by atoms with E-state index in [0.29, 0.717) is 35.5 Å². The van der Waals surface area contributed by atoms with Crippen molar-refractivity contribution in [3.8, 4) is 5.75 Å². The molecular formula is C23H14Br2ClFN2O2S. The topological polar surface area (TPSA) is 50.7 Å². The van der Waals surface area contributed by atoms with Crippen LogP contribution in [0.5, 0.6) is 5.75 Å². The average molecular weight is 597 g/mol. The molecule has 0 saturated carbocycles. The van der Waals surface area contributed by atoms with Gasteiger partial charge in [-0.1, -0.05) is 23.7 Å². The van der Waals surface area contributed by atoms with Crippen molar-refractivity contribution in [2.45, 2.75) is 6.61 Å². The van der Waals surface area contributed by atoms with E-state index in [1.165, 1.54) is 23.9 Å². The number of ether oxygens (including phenoxy) is 1. The van der Waals surface area contributed by atoms with Crippen LogP contribution in [0.3, 0.4) is 0 Å². The molecule has 162 valence electrons. The molecule has 1 fully saturated rings. The van der Waals surface area contributed by atoms with Crippen molar-refractivity contribution in [1.29, 1.82) is 0 Å². The molecule has 9 heteroatoms. The van der Waals surface area contributed by atoms with Crippen LogP contribution in [0.4, 0.5) is 10.1 Å². The van der Waals surface area contributed by atoms with Gasteiger partial charge in [0.05, 0.1) is 19.5 Å². The molecule has 0 unspecified atom stereocenters. The van der Waals surface area contributed by atoms with Crippen molar-refractivity contribution in [2.24, 2.45) is 4.99 Å². The Morgan fingerprint density at radius 3 is 2.50 bits per heavy atom. The molecule has 1 amide bonds. The summed E-state index contributed by atoms with van der Waals surface area (Å²) in [5.41, 5.74) is 2.22. The first-order chi connectivity index (χ1) is 15.4. The summed E-state index contributed by atoms with van der Waals surface area (Å²) in [4.78, 5) is 17.3. The molecule has 1 saturated heterocycles. The van der Waals surface area contributed by atoms with Crippen LogP contribution in [0.1, 0.15) is 11.1 Å². The second-order valence-corrected chi connectivity index (χ2v) is 9.87. The van der Waals surface area contributed by atoms with Gasteiger partial charge in [0.15, 0.2) is 5.17 Å². The highest BCUT2D eigenvalue weighted by Gasteiger charge is 2.24. The lowest BCUT2D eigenvalue weighted by Crippen LogP contribution is -2.19. The molecule has 3 aromatic rings. The van der Waals surface area contributed by atoms with E-state index in [9.17, 15) is 9.18 Å². The van der Waals surface area contributed by atoms with E-state index in [2.05, 4.69) is 42.2 Å². The quantitative estimate of drug-likeness (QED) is 0.311. The number of carbonyl (C=O) groups excluding carboxylic acids is 1. The molecule has 4 rings (SSSR count). The Hall–Kier alpha value is -2.13. The Balaban J connectivity index is 1.50. The highest BCUT2D eigenvalue weighted by Crippen LogP contribution is 2.37. The normalized spacial score (nSPS) is 15.9. The highest BCUT2D eigenvalue weighted by atomic mass is 79.9. The number of halogens is 4. The van der Waals surface area contributed by atoms with Gasteiger partial charge in [0, 0.05) is 5.02 Å². The van der Waals surface area contributed by atoms with Gasteiger partial charge in [0.25, 0.3) is 5.91 Å². The highest BCUT2D eigenvalue weighted by molar-refractivity contribution is 9.11. The van der Waals surface area contributed by atoms with Crippen molar-refractivity contribution in [3.05, 3.63) is 96.5 Å². The molecule has 0 spiro atoms. The van der Waals surface area contributed by atoms with Crippen LogP contribution in [-0.2, 0) is 11.4 Å². The van der Waals surface area contributed by atoms with Gasteiger partial charge in [-0.3, -0.25) is 4.79 Å². The van der Waals surface area contributed by atoms with Gasteiger partial charge in [0.1, 0.15) is 18.2 Å². The number of amides is 1. The molecule has 0 aromatic heterocycles. The first-order valence-corrected chi connectivity index (χ1v) is 12.1. The van der Waals surface area contributed by atoms with Crippen LogP contribution >= 0.6 is 55.2 Å². The molecule has 3 aromatic carbocycles. The minimum Gasteiger partial charge on any atom is -0.487 e. The van der Waals surface area contributed by atoms with Crippen LogP contribution in [0.2, 0.25) is 5.02 Å². The van der Waals surface area contributed by atoms with Crippen LogP contribution in [0.15, 0.2) is 79.5 Å². The zero-order chi connectivity index (χ0) is 22.7. The predicted octanol–water partition coefficient (Wildman–Crippen LogP) is 7.47. The summed E-state index contributed by atoms with van der Waals surface area (Å²) in [6.45, 7) is 0.220. The monoisotopic (exact) mass is 594 g/mol. The minimum atomic E-state index is -0.308. The lowest BCUT2D eigenvalue weighted by Gasteiger charge is -2.11. The van der Waals surface area contributed by atoms with Gasteiger partial charge in [0.2, 0.25) is 0 Å². The number of amidine groups is 1. The number of rotatable bonds is 5. The second-order valence-electron chi connectivity index (χ2n) is 6.69. The Labute approximate surface area is 210 Å². The number of hydrogen-bond acceptors (Lipinski definition) is 4. The fourth-order valence-electron chi connectivity index (χ4n) is 2.85. The summed E-state index contributed by atoms with van der Waals surface area (Å²) in [5, 5.41) is 3.88. The molecule has 0 atom stereocenters. The van der Waals surface area contributed by atoms with Crippen LogP contribution in [0.25, 0.3) is 6.08 Å². The molecule has 0 bridgehead atoms. The number of hydrogen-bond donors (Lipinski definition) is 1. The largest absolute Gasteiger partial charge is 0.487 e. The van der Waals surface area contributed by atoms with Crippen LogP contribution < -0.4 is 10.1 Å². The average Bonchev–Trinajstić information content (AvgIpc) is 3.08. The van der Waals surface area contributed by atoms with E-state index in [-0.39, 0.29) is 18.3 Å². The van der Waals surface area contributed by atoms with E-state index in [0.717, 1.165) is 11.1 Å². The zero-order valence-electron chi connectivity index (χ0n) is 16.2. The number of nitrogens with zero attached hydrogens (tertiary/aromatic N) is 1. The summed E-state index contributed by atoms with van der Waals surface area (Å²) in [6, 6.07) is 17.0. The summed E-state index contributed by atoms with van der Waals surface area (Å²) in [6.07, 6.45) is 1.77.